The largest absolute Gasteiger partial charge is 0.465 e. The van der Waals surface area contributed by atoms with Gasteiger partial charge in [0.15, 0.2) is 5.82 Å². The van der Waals surface area contributed by atoms with Crippen molar-refractivity contribution in [1.82, 2.24) is 10.1 Å². The number of benzene rings is 1. The molecule has 1 heterocycles. The van der Waals surface area contributed by atoms with Crippen LogP contribution in [0.4, 0.5) is 0 Å². The quantitative estimate of drug-likeness (QED) is 0.803. The molecule has 0 spiro atoms. The SMILES string of the molecule is CCCc1noc(-c2c(Cl)ccc(C(=O)OC)c2Cl)n1. The monoisotopic (exact) mass is 314 g/mol. The van der Waals surface area contributed by atoms with E-state index in [0.29, 0.717) is 22.8 Å². The van der Waals surface area contributed by atoms with Crippen molar-refractivity contribution in [2.45, 2.75) is 19.8 Å². The van der Waals surface area contributed by atoms with E-state index in [0.717, 1.165) is 6.42 Å². The van der Waals surface area contributed by atoms with E-state index >= 15 is 0 Å². The van der Waals surface area contributed by atoms with Crippen LogP contribution >= 0.6 is 23.2 Å². The highest BCUT2D eigenvalue weighted by atomic mass is 35.5. The summed E-state index contributed by atoms with van der Waals surface area (Å²) in [4.78, 5) is 15.8. The molecule has 0 N–H and O–H groups in total. The zero-order valence-corrected chi connectivity index (χ0v) is 12.5. The number of hydrogen-bond acceptors (Lipinski definition) is 5. The summed E-state index contributed by atoms with van der Waals surface area (Å²) in [6.45, 7) is 2.01. The summed E-state index contributed by atoms with van der Waals surface area (Å²) in [5.41, 5.74) is 0.537. The number of halogens is 2. The Morgan fingerprint density at radius 1 is 1.40 bits per heavy atom. The van der Waals surface area contributed by atoms with Crippen LogP contribution in [-0.4, -0.2) is 23.2 Å². The highest BCUT2D eigenvalue weighted by Crippen LogP contribution is 2.36. The Bertz CT molecular complexity index is 641. The molecule has 0 aliphatic carbocycles. The lowest BCUT2D eigenvalue weighted by molar-refractivity contribution is 0.0601. The zero-order chi connectivity index (χ0) is 14.7. The molecule has 2 aromatic rings. The number of ether oxygens (including phenoxy) is 1. The fourth-order valence-electron chi connectivity index (χ4n) is 1.70. The predicted molar refractivity (Wildman–Crippen MR) is 75.1 cm³/mol. The standard InChI is InChI=1S/C13H12Cl2N2O3/c1-3-4-9-16-12(20-17-9)10-8(14)6-5-7(11(10)15)13(18)19-2/h5-6H,3-4H2,1-2H3. The van der Waals surface area contributed by atoms with E-state index < -0.39 is 5.97 Å². The number of hydrogen-bond donors (Lipinski definition) is 0. The first-order chi connectivity index (χ1) is 9.58. The van der Waals surface area contributed by atoms with E-state index in [-0.39, 0.29) is 16.5 Å². The molecular weight excluding hydrogens is 303 g/mol. The third kappa shape index (κ3) is 2.78. The van der Waals surface area contributed by atoms with Crippen molar-refractivity contribution in [2.24, 2.45) is 0 Å². The van der Waals surface area contributed by atoms with Crippen molar-refractivity contribution < 1.29 is 14.1 Å². The van der Waals surface area contributed by atoms with Gasteiger partial charge in [-0.3, -0.25) is 0 Å². The lowest BCUT2D eigenvalue weighted by Crippen LogP contribution is -2.03. The molecule has 0 aliphatic rings. The van der Waals surface area contributed by atoms with Crippen LogP contribution in [-0.2, 0) is 11.2 Å². The van der Waals surface area contributed by atoms with Crippen LogP contribution in [0.15, 0.2) is 16.7 Å². The van der Waals surface area contributed by atoms with Gasteiger partial charge in [0.05, 0.1) is 28.3 Å². The molecule has 20 heavy (non-hydrogen) atoms. The topological polar surface area (TPSA) is 65.2 Å². The molecule has 106 valence electrons. The Hall–Kier alpha value is -1.59. The van der Waals surface area contributed by atoms with Gasteiger partial charge in [0.2, 0.25) is 0 Å². The third-order valence-corrected chi connectivity index (χ3v) is 3.36. The van der Waals surface area contributed by atoms with E-state index in [1.807, 2.05) is 6.92 Å². The molecule has 0 fully saturated rings. The average molecular weight is 315 g/mol. The van der Waals surface area contributed by atoms with Crippen LogP contribution in [0.5, 0.6) is 0 Å². The molecule has 0 saturated heterocycles. The first kappa shape index (κ1) is 14.8. The van der Waals surface area contributed by atoms with Crippen LogP contribution in [0.3, 0.4) is 0 Å². The van der Waals surface area contributed by atoms with Crippen LogP contribution in [0.25, 0.3) is 11.5 Å². The smallest absolute Gasteiger partial charge is 0.339 e. The summed E-state index contributed by atoms with van der Waals surface area (Å²) in [6, 6.07) is 3.03. The van der Waals surface area contributed by atoms with Crippen molar-refractivity contribution >= 4 is 29.2 Å². The number of carbonyl (C=O) groups is 1. The third-order valence-electron chi connectivity index (χ3n) is 2.65. The normalized spacial score (nSPS) is 10.6. The lowest BCUT2D eigenvalue weighted by atomic mass is 10.1. The first-order valence-electron chi connectivity index (χ1n) is 5.97. The molecule has 0 unspecified atom stereocenters. The maximum Gasteiger partial charge on any atom is 0.339 e. The number of carbonyl (C=O) groups excluding carboxylic acids is 1. The molecule has 0 atom stereocenters. The minimum Gasteiger partial charge on any atom is -0.465 e. The van der Waals surface area contributed by atoms with E-state index in [2.05, 4.69) is 14.9 Å². The molecule has 0 amide bonds. The van der Waals surface area contributed by atoms with Gasteiger partial charge in [0, 0.05) is 6.42 Å². The predicted octanol–water partition coefficient (Wildman–Crippen LogP) is 3.78. The van der Waals surface area contributed by atoms with Crippen molar-refractivity contribution in [3.63, 3.8) is 0 Å². The van der Waals surface area contributed by atoms with Crippen molar-refractivity contribution in [1.29, 1.82) is 0 Å². The number of methoxy groups -OCH3 is 1. The molecular formula is C13H12Cl2N2O3. The molecule has 0 radical (unpaired) electrons. The highest BCUT2D eigenvalue weighted by Gasteiger charge is 2.21. The van der Waals surface area contributed by atoms with Gasteiger partial charge in [-0.1, -0.05) is 35.3 Å². The minimum absolute atomic E-state index is 0.135. The Balaban J connectivity index is 2.51. The van der Waals surface area contributed by atoms with Gasteiger partial charge >= 0.3 is 5.97 Å². The summed E-state index contributed by atoms with van der Waals surface area (Å²) in [7, 11) is 1.28. The number of rotatable bonds is 4. The Labute approximate surface area is 125 Å². The average Bonchev–Trinajstić information content (AvgIpc) is 2.87. The van der Waals surface area contributed by atoms with Crippen LogP contribution in [0, 0.1) is 0 Å². The van der Waals surface area contributed by atoms with Gasteiger partial charge in [-0.05, 0) is 18.6 Å². The summed E-state index contributed by atoms with van der Waals surface area (Å²) in [5.74, 6) is 0.202. The summed E-state index contributed by atoms with van der Waals surface area (Å²) >= 11 is 12.3. The molecule has 2 rings (SSSR count). The van der Waals surface area contributed by atoms with Crippen LogP contribution in [0.1, 0.15) is 29.5 Å². The summed E-state index contributed by atoms with van der Waals surface area (Å²) < 4.78 is 9.81. The van der Waals surface area contributed by atoms with Gasteiger partial charge in [0.25, 0.3) is 5.89 Å². The second-order valence-electron chi connectivity index (χ2n) is 4.04. The lowest BCUT2D eigenvalue weighted by Gasteiger charge is -2.06. The van der Waals surface area contributed by atoms with Gasteiger partial charge in [0.1, 0.15) is 0 Å². The van der Waals surface area contributed by atoms with Gasteiger partial charge < -0.3 is 9.26 Å². The van der Waals surface area contributed by atoms with Gasteiger partial charge in [-0.15, -0.1) is 0 Å². The molecule has 7 heteroatoms. The fourth-order valence-corrected chi connectivity index (χ4v) is 2.31. The molecule has 1 aromatic carbocycles. The highest BCUT2D eigenvalue weighted by molar-refractivity contribution is 6.40. The maximum atomic E-state index is 11.6. The molecule has 1 aromatic heterocycles. The minimum atomic E-state index is -0.554. The van der Waals surface area contributed by atoms with Crippen molar-refractivity contribution in [2.75, 3.05) is 7.11 Å². The van der Waals surface area contributed by atoms with E-state index in [1.165, 1.54) is 13.2 Å². The summed E-state index contributed by atoms with van der Waals surface area (Å²) in [5, 5.41) is 4.30. The second kappa shape index (κ2) is 6.24. The Morgan fingerprint density at radius 3 is 2.80 bits per heavy atom. The van der Waals surface area contributed by atoms with Gasteiger partial charge in [-0.2, -0.15) is 4.98 Å². The molecule has 0 aliphatic heterocycles. The van der Waals surface area contributed by atoms with E-state index in [4.69, 9.17) is 27.7 Å². The number of nitrogens with zero attached hydrogens (tertiary/aromatic N) is 2. The van der Waals surface area contributed by atoms with Crippen molar-refractivity contribution in [3.8, 4) is 11.5 Å². The Kier molecular flexibility index (Phi) is 4.62. The molecule has 5 nitrogen and oxygen atoms in total. The van der Waals surface area contributed by atoms with Crippen LogP contribution in [0.2, 0.25) is 10.0 Å². The van der Waals surface area contributed by atoms with Crippen LogP contribution < -0.4 is 0 Å². The molecule has 0 saturated carbocycles. The zero-order valence-electron chi connectivity index (χ0n) is 10.9. The van der Waals surface area contributed by atoms with Crippen molar-refractivity contribution in [3.05, 3.63) is 33.6 Å². The number of esters is 1. The van der Waals surface area contributed by atoms with E-state index in [1.54, 1.807) is 6.07 Å². The van der Waals surface area contributed by atoms with Gasteiger partial charge in [-0.25, -0.2) is 4.79 Å². The molecule has 0 bridgehead atoms. The number of aromatic nitrogens is 2. The van der Waals surface area contributed by atoms with E-state index in [9.17, 15) is 4.79 Å². The number of aryl methyl sites for hydroxylation is 1. The Morgan fingerprint density at radius 2 is 2.15 bits per heavy atom. The first-order valence-corrected chi connectivity index (χ1v) is 6.73. The fraction of sp³-hybridized carbons (Fsp3) is 0.308. The second-order valence-corrected chi connectivity index (χ2v) is 4.83. The maximum absolute atomic E-state index is 11.6. The summed E-state index contributed by atoms with van der Waals surface area (Å²) in [6.07, 6.45) is 1.58.